The van der Waals surface area contributed by atoms with Crippen LogP contribution in [0.15, 0.2) is 48.5 Å². The molecule has 4 rings (SSSR count). The Morgan fingerprint density at radius 2 is 1.93 bits per heavy atom. The van der Waals surface area contributed by atoms with Crippen LogP contribution in [0.2, 0.25) is 0 Å². The number of fused-ring (bicyclic) bond motifs is 1. The van der Waals surface area contributed by atoms with Crippen LogP contribution in [0.25, 0.3) is 11.4 Å². The van der Waals surface area contributed by atoms with Crippen molar-refractivity contribution in [2.75, 3.05) is 18.7 Å². The van der Waals surface area contributed by atoms with Crippen molar-refractivity contribution < 1.29 is 23.8 Å². The molecule has 142 valence electrons. The van der Waals surface area contributed by atoms with Gasteiger partial charge in [-0.05, 0) is 17.3 Å². The predicted octanol–water partition coefficient (Wildman–Crippen LogP) is 1.25. The maximum Gasteiger partial charge on any atom is 0.330 e. The molecule has 2 heterocycles. The van der Waals surface area contributed by atoms with Gasteiger partial charge < -0.3 is 19.5 Å². The van der Waals surface area contributed by atoms with Crippen LogP contribution in [-0.4, -0.2) is 45.5 Å². The van der Waals surface area contributed by atoms with Crippen molar-refractivity contribution in [3.05, 3.63) is 48.5 Å². The van der Waals surface area contributed by atoms with Crippen LogP contribution in [-0.2, 0) is 20.9 Å². The number of benzene rings is 2. The Hall–Kier alpha value is -3.95. The van der Waals surface area contributed by atoms with E-state index in [4.69, 9.17) is 14.2 Å². The molecule has 28 heavy (non-hydrogen) atoms. The smallest absolute Gasteiger partial charge is 0.330 e. The summed E-state index contributed by atoms with van der Waals surface area (Å²) in [7, 11) is 0. The monoisotopic (exact) mass is 381 g/mol. The lowest BCUT2D eigenvalue weighted by Gasteiger charge is -2.07. The first kappa shape index (κ1) is 17.5. The first-order valence-corrected chi connectivity index (χ1v) is 8.36. The molecule has 1 N–H and O–H groups in total. The second-order valence-corrected chi connectivity index (χ2v) is 5.79. The third kappa shape index (κ3) is 4.06. The van der Waals surface area contributed by atoms with Gasteiger partial charge in [0.2, 0.25) is 12.6 Å². The third-order valence-electron chi connectivity index (χ3n) is 3.78. The molecular formula is C18H15N5O5. The molecule has 10 heteroatoms. The number of carbonyl (C=O) groups is 2. The van der Waals surface area contributed by atoms with Gasteiger partial charge in [0.15, 0.2) is 24.7 Å². The summed E-state index contributed by atoms with van der Waals surface area (Å²) in [5.41, 5.74) is 1.29. The summed E-state index contributed by atoms with van der Waals surface area (Å²) in [4.78, 5) is 25.0. The number of amides is 1. The maximum absolute atomic E-state index is 11.9. The van der Waals surface area contributed by atoms with E-state index in [2.05, 4.69) is 20.7 Å². The zero-order valence-corrected chi connectivity index (χ0v) is 14.6. The summed E-state index contributed by atoms with van der Waals surface area (Å²) in [6, 6.07) is 14.2. The fourth-order valence-corrected chi connectivity index (χ4v) is 2.49. The van der Waals surface area contributed by atoms with Gasteiger partial charge >= 0.3 is 5.97 Å². The second-order valence-electron chi connectivity index (χ2n) is 5.79. The summed E-state index contributed by atoms with van der Waals surface area (Å²) in [5, 5.41) is 14.4. The van der Waals surface area contributed by atoms with Crippen LogP contribution in [0.1, 0.15) is 0 Å². The normalized spacial score (nSPS) is 11.9. The van der Waals surface area contributed by atoms with Gasteiger partial charge in [0.05, 0.1) is 0 Å². The number of rotatable bonds is 6. The van der Waals surface area contributed by atoms with Gasteiger partial charge in [-0.2, -0.15) is 4.80 Å². The molecule has 0 fully saturated rings. The predicted molar refractivity (Wildman–Crippen MR) is 95.4 cm³/mol. The van der Waals surface area contributed by atoms with E-state index in [1.54, 1.807) is 18.2 Å². The molecule has 2 aromatic carbocycles. The number of nitrogens with one attached hydrogen (secondary N) is 1. The molecule has 1 amide bonds. The quantitative estimate of drug-likeness (QED) is 0.634. The van der Waals surface area contributed by atoms with Crippen LogP contribution in [0.5, 0.6) is 11.5 Å². The van der Waals surface area contributed by atoms with Gasteiger partial charge in [0.25, 0.3) is 5.91 Å². The molecule has 1 aromatic heterocycles. The molecule has 0 saturated carbocycles. The molecule has 0 radical (unpaired) electrons. The lowest BCUT2D eigenvalue weighted by Crippen LogP contribution is -2.23. The summed E-state index contributed by atoms with van der Waals surface area (Å²) < 4.78 is 15.4. The van der Waals surface area contributed by atoms with E-state index in [1.807, 2.05) is 30.3 Å². The number of tetrazole rings is 1. The Labute approximate surface area is 159 Å². The first-order valence-electron chi connectivity index (χ1n) is 8.36. The highest BCUT2D eigenvalue weighted by Crippen LogP contribution is 2.34. The number of anilines is 1. The molecular weight excluding hydrogens is 366 g/mol. The lowest BCUT2D eigenvalue weighted by atomic mass is 10.2. The van der Waals surface area contributed by atoms with Gasteiger partial charge in [-0.15, -0.1) is 10.2 Å². The summed E-state index contributed by atoms with van der Waals surface area (Å²) in [6.45, 7) is -0.544. The Bertz CT molecular complexity index is 1000. The average molecular weight is 381 g/mol. The summed E-state index contributed by atoms with van der Waals surface area (Å²) in [6.07, 6.45) is 0. The average Bonchev–Trinajstić information content (AvgIpc) is 3.36. The fourth-order valence-electron chi connectivity index (χ4n) is 2.49. The van der Waals surface area contributed by atoms with Crippen molar-refractivity contribution in [1.29, 1.82) is 0 Å². The SMILES string of the molecule is O=C(COC(=O)Cn1nnc(-c2ccccc2)n1)Nc1ccc2c(c1)OCO2. The number of nitrogens with zero attached hydrogens (tertiary/aromatic N) is 4. The van der Waals surface area contributed by atoms with E-state index in [1.165, 1.54) is 0 Å². The van der Waals surface area contributed by atoms with E-state index in [9.17, 15) is 9.59 Å². The van der Waals surface area contributed by atoms with E-state index >= 15 is 0 Å². The van der Waals surface area contributed by atoms with Crippen LogP contribution in [0.3, 0.4) is 0 Å². The van der Waals surface area contributed by atoms with E-state index in [0.717, 1.165) is 10.4 Å². The van der Waals surface area contributed by atoms with Crippen LogP contribution in [0.4, 0.5) is 5.69 Å². The molecule has 1 aliphatic heterocycles. The molecule has 1 aliphatic rings. The summed E-state index contributed by atoms with van der Waals surface area (Å²) >= 11 is 0. The van der Waals surface area contributed by atoms with Gasteiger partial charge in [-0.25, -0.2) is 4.79 Å². The fraction of sp³-hybridized carbons (Fsp3) is 0.167. The van der Waals surface area contributed by atoms with Gasteiger partial charge in [-0.1, -0.05) is 30.3 Å². The number of hydrogen-bond donors (Lipinski definition) is 1. The minimum atomic E-state index is -0.655. The van der Waals surface area contributed by atoms with Gasteiger partial charge in [0, 0.05) is 17.3 Å². The van der Waals surface area contributed by atoms with Crippen molar-refractivity contribution in [1.82, 2.24) is 20.2 Å². The maximum atomic E-state index is 11.9. The molecule has 3 aromatic rings. The van der Waals surface area contributed by atoms with Crippen molar-refractivity contribution in [3.63, 3.8) is 0 Å². The highest BCUT2D eigenvalue weighted by molar-refractivity contribution is 5.93. The van der Waals surface area contributed by atoms with Crippen molar-refractivity contribution in [3.8, 4) is 22.9 Å². The zero-order valence-electron chi connectivity index (χ0n) is 14.6. The summed E-state index contributed by atoms with van der Waals surface area (Å²) in [5.74, 6) is 0.413. The first-order chi connectivity index (χ1) is 13.7. The highest BCUT2D eigenvalue weighted by Gasteiger charge is 2.15. The molecule has 0 unspecified atom stereocenters. The van der Waals surface area contributed by atoms with Gasteiger partial charge in [-0.3, -0.25) is 4.79 Å². The number of aromatic nitrogens is 4. The molecule has 0 bridgehead atoms. The van der Waals surface area contributed by atoms with Gasteiger partial charge in [0.1, 0.15) is 0 Å². The van der Waals surface area contributed by atoms with Crippen LogP contribution in [0, 0.1) is 0 Å². The number of esters is 1. The van der Waals surface area contributed by atoms with E-state index in [-0.39, 0.29) is 13.3 Å². The third-order valence-corrected chi connectivity index (χ3v) is 3.78. The van der Waals surface area contributed by atoms with Crippen LogP contribution < -0.4 is 14.8 Å². The molecule has 10 nitrogen and oxygen atoms in total. The Morgan fingerprint density at radius 1 is 1.11 bits per heavy atom. The van der Waals surface area contributed by atoms with Crippen molar-refractivity contribution in [2.45, 2.75) is 6.54 Å². The minimum Gasteiger partial charge on any atom is -0.454 e. The number of ether oxygens (including phenoxy) is 3. The number of carbonyl (C=O) groups excluding carboxylic acids is 2. The Morgan fingerprint density at radius 3 is 2.79 bits per heavy atom. The van der Waals surface area contributed by atoms with Crippen molar-refractivity contribution in [2.24, 2.45) is 0 Å². The molecule has 0 atom stereocenters. The second kappa shape index (κ2) is 7.74. The van der Waals surface area contributed by atoms with E-state index in [0.29, 0.717) is 23.0 Å². The Kier molecular flexibility index (Phi) is 4.83. The molecule has 0 aliphatic carbocycles. The van der Waals surface area contributed by atoms with Crippen LogP contribution >= 0.6 is 0 Å². The topological polar surface area (TPSA) is 117 Å². The molecule has 0 spiro atoms. The van der Waals surface area contributed by atoms with Crippen molar-refractivity contribution >= 4 is 17.6 Å². The minimum absolute atomic E-state index is 0.145. The largest absolute Gasteiger partial charge is 0.454 e. The zero-order chi connectivity index (χ0) is 19.3. The Balaban J connectivity index is 1.26. The van der Waals surface area contributed by atoms with E-state index < -0.39 is 18.5 Å². The standard InChI is InChI=1S/C18H15N5O5/c24-16(19-13-6-7-14-15(8-13)28-11-27-14)10-26-17(25)9-23-21-18(20-22-23)12-4-2-1-3-5-12/h1-8H,9-11H2,(H,19,24). The lowest BCUT2D eigenvalue weighted by molar-refractivity contribution is -0.148. The highest BCUT2D eigenvalue weighted by atomic mass is 16.7. The molecule has 0 saturated heterocycles. The number of hydrogen-bond acceptors (Lipinski definition) is 8.